The van der Waals surface area contributed by atoms with E-state index in [1.54, 1.807) is 17.0 Å². The number of carbonyl (C=O) groups is 1. The standard InChI is InChI=1S/C22H27N3O4/c1-18-6-2-3-8-21(18)23-13-15-24(16-14-23)22(26)29-17-5-4-7-19-9-11-20(12-10-19)25(27)28/h2-3,6,8-12H,4-5,7,13-17H2,1H3. The number of anilines is 1. The molecule has 2 aromatic rings. The lowest BCUT2D eigenvalue weighted by atomic mass is 10.1. The van der Waals surface area contributed by atoms with Crippen molar-refractivity contribution >= 4 is 17.5 Å². The fourth-order valence-electron chi connectivity index (χ4n) is 3.51. The molecule has 0 aromatic heterocycles. The maximum atomic E-state index is 12.3. The van der Waals surface area contributed by atoms with E-state index in [-0.39, 0.29) is 11.8 Å². The van der Waals surface area contributed by atoms with E-state index in [2.05, 4.69) is 24.0 Å². The van der Waals surface area contributed by atoms with Crippen LogP contribution in [0.5, 0.6) is 0 Å². The molecule has 1 amide bonds. The van der Waals surface area contributed by atoms with E-state index >= 15 is 0 Å². The number of para-hydroxylation sites is 1. The van der Waals surface area contributed by atoms with Crippen LogP contribution in [-0.4, -0.2) is 48.7 Å². The van der Waals surface area contributed by atoms with Crippen LogP contribution >= 0.6 is 0 Å². The average Bonchev–Trinajstić information content (AvgIpc) is 2.74. The van der Waals surface area contributed by atoms with Gasteiger partial charge in [-0.2, -0.15) is 0 Å². The van der Waals surface area contributed by atoms with Gasteiger partial charge in [0.1, 0.15) is 0 Å². The highest BCUT2D eigenvalue weighted by Crippen LogP contribution is 2.21. The van der Waals surface area contributed by atoms with Gasteiger partial charge in [-0.15, -0.1) is 0 Å². The Morgan fingerprint density at radius 3 is 2.38 bits per heavy atom. The van der Waals surface area contributed by atoms with E-state index in [0.717, 1.165) is 37.9 Å². The number of nitro benzene ring substituents is 1. The number of ether oxygens (including phenoxy) is 1. The number of nitro groups is 1. The van der Waals surface area contributed by atoms with E-state index in [1.807, 2.05) is 12.1 Å². The Bertz CT molecular complexity index is 830. The summed E-state index contributed by atoms with van der Waals surface area (Å²) in [7, 11) is 0. The molecule has 3 rings (SSSR count). The van der Waals surface area contributed by atoms with E-state index in [4.69, 9.17) is 4.74 Å². The molecule has 1 aliphatic rings. The molecule has 154 valence electrons. The molecule has 0 N–H and O–H groups in total. The molecule has 0 bridgehead atoms. The first-order valence-corrected chi connectivity index (χ1v) is 10.0. The Labute approximate surface area is 171 Å². The number of benzene rings is 2. The average molecular weight is 397 g/mol. The highest BCUT2D eigenvalue weighted by atomic mass is 16.6. The van der Waals surface area contributed by atoms with Crippen LogP contribution in [0.3, 0.4) is 0 Å². The second-order valence-electron chi connectivity index (χ2n) is 7.26. The summed E-state index contributed by atoms with van der Waals surface area (Å²) in [6.07, 6.45) is 2.20. The van der Waals surface area contributed by atoms with E-state index < -0.39 is 4.92 Å². The number of rotatable bonds is 7. The minimum absolute atomic E-state index is 0.102. The van der Waals surface area contributed by atoms with Gasteiger partial charge in [-0.1, -0.05) is 30.3 Å². The molecular weight excluding hydrogens is 370 g/mol. The summed E-state index contributed by atoms with van der Waals surface area (Å²) in [6.45, 7) is 5.43. The Balaban J connectivity index is 1.33. The number of unbranched alkanes of at least 4 members (excludes halogenated alkanes) is 1. The smallest absolute Gasteiger partial charge is 0.409 e. The van der Waals surface area contributed by atoms with Crippen molar-refractivity contribution in [1.29, 1.82) is 0 Å². The van der Waals surface area contributed by atoms with Crippen LogP contribution in [0.15, 0.2) is 48.5 Å². The maximum absolute atomic E-state index is 12.3. The van der Waals surface area contributed by atoms with E-state index in [0.29, 0.717) is 19.7 Å². The van der Waals surface area contributed by atoms with Gasteiger partial charge >= 0.3 is 6.09 Å². The second-order valence-corrected chi connectivity index (χ2v) is 7.26. The number of piperazine rings is 1. The first-order chi connectivity index (χ1) is 14.0. The molecule has 0 unspecified atom stereocenters. The lowest BCUT2D eigenvalue weighted by Crippen LogP contribution is -2.49. The molecule has 1 saturated heterocycles. The van der Waals surface area contributed by atoms with Gasteiger partial charge in [-0.3, -0.25) is 10.1 Å². The highest BCUT2D eigenvalue weighted by Gasteiger charge is 2.22. The normalized spacial score (nSPS) is 14.0. The molecule has 29 heavy (non-hydrogen) atoms. The van der Waals surface area contributed by atoms with Gasteiger partial charge in [0.15, 0.2) is 0 Å². The molecule has 7 heteroatoms. The van der Waals surface area contributed by atoms with Gasteiger partial charge in [0.2, 0.25) is 0 Å². The van der Waals surface area contributed by atoms with E-state index in [1.165, 1.54) is 23.4 Å². The number of amides is 1. The quantitative estimate of drug-likeness (QED) is 0.398. The molecule has 7 nitrogen and oxygen atoms in total. The summed E-state index contributed by atoms with van der Waals surface area (Å²) in [5.74, 6) is 0. The minimum Gasteiger partial charge on any atom is -0.449 e. The summed E-state index contributed by atoms with van der Waals surface area (Å²) in [6, 6.07) is 14.9. The highest BCUT2D eigenvalue weighted by molar-refractivity contribution is 5.68. The third-order valence-electron chi connectivity index (χ3n) is 5.23. The van der Waals surface area contributed by atoms with Crippen molar-refractivity contribution in [3.05, 3.63) is 69.8 Å². The zero-order chi connectivity index (χ0) is 20.6. The van der Waals surface area contributed by atoms with Crippen molar-refractivity contribution in [2.45, 2.75) is 26.2 Å². The predicted octanol–water partition coefficient (Wildman–Crippen LogP) is 4.18. The zero-order valence-corrected chi connectivity index (χ0v) is 16.8. The lowest BCUT2D eigenvalue weighted by Gasteiger charge is -2.36. The van der Waals surface area contributed by atoms with Crippen molar-refractivity contribution in [2.24, 2.45) is 0 Å². The van der Waals surface area contributed by atoms with Gasteiger partial charge in [0.25, 0.3) is 5.69 Å². The molecule has 0 aliphatic carbocycles. The largest absolute Gasteiger partial charge is 0.449 e. The maximum Gasteiger partial charge on any atom is 0.409 e. The zero-order valence-electron chi connectivity index (χ0n) is 16.8. The molecule has 1 aliphatic heterocycles. The fraction of sp³-hybridized carbons (Fsp3) is 0.409. The SMILES string of the molecule is Cc1ccccc1N1CCN(C(=O)OCCCCc2ccc([N+](=O)[O-])cc2)CC1. The number of nitrogens with zero attached hydrogens (tertiary/aromatic N) is 3. The van der Waals surface area contributed by atoms with Gasteiger partial charge < -0.3 is 14.5 Å². The first-order valence-electron chi connectivity index (χ1n) is 10.0. The Hall–Kier alpha value is -3.09. The van der Waals surface area contributed by atoms with Crippen LogP contribution in [0, 0.1) is 17.0 Å². The van der Waals surface area contributed by atoms with Crippen LogP contribution in [0.25, 0.3) is 0 Å². The number of hydrogen-bond donors (Lipinski definition) is 0. The minimum atomic E-state index is -0.399. The second kappa shape index (κ2) is 9.91. The topological polar surface area (TPSA) is 75.9 Å². The molecule has 0 saturated carbocycles. The molecule has 1 heterocycles. The summed E-state index contributed by atoms with van der Waals surface area (Å²) in [5, 5.41) is 10.7. The monoisotopic (exact) mass is 397 g/mol. The molecule has 2 aromatic carbocycles. The van der Waals surface area contributed by atoms with Crippen molar-refractivity contribution in [3.8, 4) is 0 Å². The summed E-state index contributed by atoms with van der Waals surface area (Å²) >= 11 is 0. The van der Waals surface area contributed by atoms with Crippen LogP contribution in [0.2, 0.25) is 0 Å². The van der Waals surface area contributed by atoms with Crippen LogP contribution in [0.4, 0.5) is 16.2 Å². The fourth-order valence-corrected chi connectivity index (χ4v) is 3.51. The van der Waals surface area contributed by atoms with Crippen LogP contribution in [-0.2, 0) is 11.2 Å². The third-order valence-corrected chi connectivity index (χ3v) is 5.23. The first kappa shape index (κ1) is 20.6. The van der Waals surface area contributed by atoms with Gasteiger partial charge in [-0.25, -0.2) is 4.79 Å². The Kier molecular flexibility index (Phi) is 7.05. The van der Waals surface area contributed by atoms with Crippen molar-refractivity contribution in [3.63, 3.8) is 0 Å². The van der Waals surface area contributed by atoms with Crippen molar-refractivity contribution in [1.82, 2.24) is 4.90 Å². The molecule has 0 spiro atoms. The number of carbonyl (C=O) groups excluding carboxylic acids is 1. The van der Waals surface area contributed by atoms with Crippen LogP contribution in [0.1, 0.15) is 24.0 Å². The summed E-state index contributed by atoms with van der Waals surface area (Å²) in [4.78, 5) is 26.6. The molecule has 0 radical (unpaired) electrons. The molecular formula is C22H27N3O4. The number of hydrogen-bond acceptors (Lipinski definition) is 5. The van der Waals surface area contributed by atoms with Gasteiger partial charge in [0, 0.05) is 44.0 Å². The van der Waals surface area contributed by atoms with Gasteiger partial charge in [-0.05, 0) is 43.4 Å². The third kappa shape index (κ3) is 5.70. The lowest BCUT2D eigenvalue weighted by molar-refractivity contribution is -0.384. The van der Waals surface area contributed by atoms with Crippen molar-refractivity contribution in [2.75, 3.05) is 37.7 Å². The van der Waals surface area contributed by atoms with Gasteiger partial charge in [0.05, 0.1) is 11.5 Å². The Morgan fingerprint density at radius 2 is 1.72 bits per heavy atom. The van der Waals surface area contributed by atoms with E-state index in [9.17, 15) is 14.9 Å². The number of non-ortho nitro benzene ring substituents is 1. The van der Waals surface area contributed by atoms with Crippen LogP contribution < -0.4 is 4.90 Å². The summed E-state index contributed by atoms with van der Waals surface area (Å²) < 4.78 is 5.41. The Morgan fingerprint density at radius 1 is 1.03 bits per heavy atom. The molecule has 0 atom stereocenters. The summed E-state index contributed by atoms with van der Waals surface area (Å²) in [5.41, 5.74) is 3.63. The molecule has 1 fully saturated rings. The predicted molar refractivity (Wildman–Crippen MR) is 112 cm³/mol. The number of aryl methyl sites for hydroxylation is 2. The van der Waals surface area contributed by atoms with Crippen molar-refractivity contribution < 1.29 is 14.5 Å².